The molecule has 0 bridgehead atoms. The first kappa shape index (κ1) is 14.1. The van der Waals surface area contributed by atoms with Crippen molar-refractivity contribution in [1.82, 2.24) is 4.90 Å². The normalized spacial score (nSPS) is 26.3. The molecule has 4 nitrogen and oxygen atoms in total. The number of ether oxygens (including phenoxy) is 2. The van der Waals surface area contributed by atoms with E-state index in [1.54, 1.807) is 0 Å². The van der Waals surface area contributed by atoms with Crippen LogP contribution in [-0.2, 0) is 14.3 Å². The Hall–Kier alpha value is -0.320. The van der Waals surface area contributed by atoms with Crippen molar-refractivity contribution in [2.24, 2.45) is 0 Å². The highest BCUT2D eigenvalue weighted by atomic mass is 35.5. The lowest BCUT2D eigenvalue weighted by Gasteiger charge is -2.34. The molecule has 1 unspecified atom stereocenters. The molecule has 18 heavy (non-hydrogen) atoms. The molecule has 2 fully saturated rings. The van der Waals surface area contributed by atoms with Crippen LogP contribution in [0.15, 0.2) is 0 Å². The number of halogens is 1. The average molecular weight is 276 g/mol. The van der Waals surface area contributed by atoms with E-state index >= 15 is 0 Å². The predicted octanol–water partition coefficient (Wildman–Crippen LogP) is 1.80. The van der Waals surface area contributed by atoms with Gasteiger partial charge in [-0.25, -0.2) is 0 Å². The summed E-state index contributed by atoms with van der Waals surface area (Å²) < 4.78 is 11.1. The second-order valence-electron chi connectivity index (χ2n) is 4.94. The minimum atomic E-state index is -0.195. The molecular weight excluding hydrogens is 254 g/mol. The Bertz CT molecular complexity index is 261. The highest BCUT2D eigenvalue weighted by Gasteiger charge is 2.29. The maximum atomic E-state index is 12.2. The van der Waals surface area contributed by atoms with Crippen molar-refractivity contribution in [1.29, 1.82) is 0 Å². The minimum absolute atomic E-state index is 0.172. The summed E-state index contributed by atoms with van der Waals surface area (Å²) in [6, 6.07) is 0. The van der Waals surface area contributed by atoms with Gasteiger partial charge in [0.2, 0.25) is 0 Å². The molecule has 1 atom stereocenters. The Morgan fingerprint density at radius 1 is 1.28 bits per heavy atom. The molecule has 2 aliphatic rings. The quantitative estimate of drug-likeness (QED) is 0.735. The number of hydrogen-bond acceptors (Lipinski definition) is 3. The highest BCUT2D eigenvalue weighted by Crippen LogP contribution is 2.19. The van der Waals surface area contributed by atoms with Gasteiger partial charge in [-0.05, 0) is 32.1 Å². The van der Waals surface area contributed by atoms with Gasteiger partial charge in [-0.2, -0.15) is 0 Å². The SMILES string of the molecule is O=C(C1CCCCO1)N1CCC(OCCCl)CC1. The molecule has 0 aromatic carbocycles. The van der Waals surface area contributed by atoms with Crippen molar-refractivity contribution in [2.45, 2.75) is 44.3 Å². The molecule has 2 saturated heterocycles. The van der Waals surface area contributed by atoms with Crippen LogP contribution in [0.1, 0.15) is 32.1 Å². The first-order valence-corrected chi connectivity index (χ1v) is 7.42. The van der Waals surface area contributed by atoms with Gasteiger partial charge < -0.3 is 14.4 Å². The van der Waals surface area contributed by atoms with Crippen LogP contribution in [0, 0.1) is 0 Å². The Morgan fingerprint density at radius 3 is 2.67 bits per heavy atom. The zero-order valence-corrected chi connectivity index (χ0v) is 11.5. The van der Waals surface area contributed by atoms with Crippen molar-refractivity contribution in [3.05, 3.63) is 0 Å². The van der Waals surface area contributed by atoms with E-state index in [2.05, 4.69) is 0 Å². The van der Waals surface area contributed by atoms with E-state index in [1.165, 1.54) is 0 Å². The number of piperidine rings is 1. The lowest BCUT2D eigenvalue weighted by molar-refractivity contribution is -0.149. The van der Waals surface area contributed by atoms with Crippen LogP contribution in [0.25, 0.3) is 0 Å². The van der Waals surface area contributed by atoms with Crippen LogP contribution < -0.4 is 0 Å². The molecule has 0 N–H and O–H groups in total. The first-order chi connectivity index (χ1) is 8.81. The largest absolute Gasteiger partial charge is 0.377 e. The number of rotatable bonds is 4. The van der Waals surface area contributed by atoms with E-state index in [4.69, 9.17) is 21.1 Å². The molecule has 0 aromatic rings. The van der Waals surface area contributed by atoms with Crippen LogP contribution in [0.3, 0.4) is 0 Å². The lowest BCUT2D eigenvalue weighted by Crippen LogP contribution is -2.47. The fourth-order valence-corrected chi connectivity index (χ4v) is 2.68. The molecule has 104 valence electrons. The van der Waals surface area contributed by atoms with Crippen LogP contribution in [0.5, 0.6) is 0 Å². The third-order valence-corrected chi connectivity index (χ3v) is 3.79. The van der Waals surface area contributed by atoms with Crippen LogP contribution in [0.2, 0.25) is 0 Å². The Morgan fingerprint density at radius 2 is 2.06 bits per heavy atom. The number of amides is 1. The summed E-state index contributed by atoms with van der Waals surface area (Å²) in [6.07, 6.45) is 4.95. The number of carbonyl (C=O) groups is 1. The van der Waals surface area contributed by atoms with Crippen molar-refractivity contribution >= 4 is 17.5 Å². The van der Waals surface area contributed by atoms with Crippen molar-refractivity contribution in [2.75, 3.05) is 32.2 Å². The van der Waals surface area contributed by atoms with E-state index in [0.717, 1.165) is 51.8 Å². The summed E-state index contributed by atoms with van der Waals surface area (Å²) in [5, 5.41) is 0. The molecule has 0 aliphatic carbocycles. The molecule has 0 saturated carbocycles. The van der Waals surface area contributed by atoms with Crippen LogP contribution >= 0.6 is 11.6 Å². The van der Waals surface area contributed by atoms with Gasteiger partial charge in [-0.1, -0.05) is 0 Å². The molecule has 2 heterocycles. The van der Waals surface area contributed by atoms with Gasteiger partial charge in [0.25, 0.3) is 5.91 Å². The van der Waals surface area contributed by atoms with E-state index in [1.807, 2.05) is 4.90 Å². The molecule has 2 rings (SSSR count). The monoisotopic (exact) mass is 275 g/mol. The number of likely N-dealkylation sites (tertiary alicyclic amines) is 1. The number of carbonyl (C=O) groups excluding carboxylic acids is 1. The fourth-order valence-electron chi connectivity index (χ4n) is 2.59. The van der Waals surface area contributed by atoms with Crippen molar-refractivity contribution in [3.63, 3.8) is 0 Å². The van der Waals surface area contributed by atoms with Crippen LogP contribution in [0.4, 0.5) is 0 Å². The molecule has 0 spiro atoms. The van der Waals surface area contributed by atoms with Gasteiger partial charge in [0, 0.05) is 25.6 Å². The van der Waals surface area contributed by atoms with E-state index in [0.29, 0.717) is 12.5 Å². The second kappa shape index (κ2) is 7.31. The maximum Gasteiger partial charge on any atom is 0.251 e. The Balaban J connectivity index is 1.73. The number of hydrogen-bond donors (Lipinski definition) is 0. The topological polar surface area (TPSA) is 38.8 Å². The lowest BCUT2D eigenvalue weighted by atomic mass is 10.0. The third kappa shape index (κ3) is 3.84. The molecule has 5 heteroatoms. The summed E-state index contributed by atoms with van der Waals surface area (Å²) in [4.78, 5) is 14.1. The van der Waals surface area contributed by atoms with Gasteiger partial charge in [0.15, 0.2) is 0 Å². The third-order valence-electron chi connectivity index (χ3n) is 3.64. The predicted molar refractivity (Wildman–Crippen MR) is 69.9 cm³/mol. The standard InChI is InChI=1S/C13H22ClNO3/c14-6-10-17-11-4-7-15(8-5-11)13(16)12-3-1-2-9-18-12/h11-12H,1-10H2. The molecular formula is C13H22ClNO3. The smallest absolute Gasteiger partial charge is 0.251 e. The second-order valence-corrected chi connectivity index (χ2v) is 5.32. The fraction of sp³-hybridized carbons (Fsp3) is 0.923. The van der Waals surface area contributed by atoms with E-state index in [9.17, 15) is 4.79 Å². The Labute approximate surface area is 114 Å². The first-order valence-electron chi connectivity index (χ1n) is 6.89. The zero-order chi connectivity index (χ0) is 12.8. The van der Waals surface area contributed by atoms with E-state index < -0.39 is 0 Å². The summed E-state index contributed by atoms with van der Waals surface area (Å²) in [6.45, 7) is 2.90. The van der Waals surface area contributed by atoms with E-state index in [-0.39, 0.29) is 18.1 Å². The highest BCUT2D eigenvalue weighted by molar-refractivity contribution is 6.17. The summed E-state index contributed by atoms with van der Waals surface area (Å²) in [7, 11) is 0. The molecule has 1 amide bonds. The van der Waals surface area contributed by atoms with Gasteiger partial charge >= 0.3 is 0 Å². The zero-order valence-electron chi connectivity index (χ0n) is 10.8. The van der Waals surface area contributed by atoms with Crippen LogP contribution in [-0.4, -0.2) is 55.2 Å². The summed E-state index contributed by atoms with van der Waals surface area (Å²) in [5.74, 6) is 0.709. The van der Waals surface area contributed by atoms with Gasteiger partial charge in [0.05, 0.1) is 12.7 Å². The number of nitrogens with zero attached hydrogens (tertiary/aromatic N) is 1. The minimum Gasteiger partial charge on any atom is -0.377 e. The van der Waals surface area contributed by atoms with Crippen molar-refractivity contribution in [3.8, 4) is 0 Å². The molecule has 0 radical (unpaired) electrons. The molecule has 0 aromatic heterocycles. The summed E-state index contributed by atoms with van der Waals surface area (Å²) >= 11 is 5.60. The average Bonchev–Trinajstić information content (AvgIpc) is 2.46. The van der Waals surface area contributed by atoms with Gasteiger partial charge in [-0.3, -0.25) is 4.79 Å². The number of alkyl halides is 1. The maximum absolute atomic E-state index is 12.2. The van der Waals surface area contributed by atoms with Gasteiger partial charge in [-0.15, -0.1) is 11.6 Å². The Kier molecular flexibility index (Phi) is 5.73. The van der Waals surface area contributed by atoms with Gasteiger partial charge in [0.1, 0.15) is 6.10 Å². The summed E-state index contributed by atoms with van der Waals surface area (Å²) in [5.41, 5.74) is 0. The van der Waals surface area contributed by atoms with Crippen molar-refractivity contribution < 1.29 is 14.3 Å². The molecule has 2 aliphatic heterocycles.